The van der Waals surface area contributed by atoms with Gasteiger partial charge in [-0.1, -0.05) is 18.2 Å². The van der Waals surface area contributed by atoms with Crippen LogP contribution in [-0.4, -0.2) is 12.3 Å². The zero-order valence-corrected chi connectivity index (χ0v) is 9.98. The molecule has 1 fully saturated rings. The Bertz CT molecular complexity index is 270. The highest BCUT2D eigenvalue weighted by Gasteiger charge is 2.36. The van der Waals surface area contributed by atoms with Crippen LogP contribution in [0.5, 0.6) is 0 Å². The summed E-state index contributed by atoms with van der Waals surface area (Å²) in [5.74, 6) is 0. The fourth-order valence-electron chi connectivity index (χ4n) is 2.06. The molecule has 0 saturated carbocycles. The lowest BCUT2D eigenvalue weighted by Gasteiger charge is -2.25. The number of hydrogen-bond donors (Lipinski definition) is 1. The van der Waals surface area contributed by atoms with E-state index in [2.05, 4.69) is 30.3 Å². The van der Waals surface area contributed by atoms with Gasteiger partial charge in [-0.25, -0.2) is 5.50 Å². The fraction of sp³-hybridized carbons (Fsp3) is 0.455. The minimum atomic E-state index is -1.22. The number of rotatable bonds is 1. The summed E-state index contributed by atoms with van der Waals surface area (Å²) in [5.41, 5.74) is 6.49. The molecule has 1 saturated heterocycles. The maximum Gasteiger partial charge on any atom is 0.111 e. The maximum atomic E-state index is 6.49. The predicted molar refractivity (Wildman–Crippen MR) is 60.8 cm³/mol. The van der Waals surface area contributed by atoms with E-state index in [1.807, 2.05) is 0 Å². The molecule has 0 aliphatic carbocycles. The molecule has 0 atom stereocenters. The second-order valence-corrected chi connectivity index (χ2v) is 7.36. The van der Waals surface area contributed by atoms with Crippen LogP contribution in [0.4, 0.5) is 0 Å². The van der Waals surface area contributed by atoms with Crippen LogP contribution in [-0.2, 0) is 0 Å². The molecule has 0 spiro atoms. The molecule has 2 rings (SSSR count). The summed E-state index contributed by atoms with van der Waals surface area (Å²) in [6.45, 7) is 0. The molecule has 0 unspecified atom stereocenters. The van der Waals surface area contributed by atoms with Crippen molar-refractivity contribution in [2.45, 2.75) is 19.3 Å². The fourth-order valence-corrected chi connectivity index (χ4v) is 5.14. The van der Waals surface area contributed by atoms with Crippen molar-refractivity contribution in [1.82, 2.24) is 0 Å². The minimum Gasteiger partial charge on any atom is -1.00 e. The molecule has 1 nitrogen and oxygen atoms in total. The monoisotopic (exact) mass is 229 g/mol. The Labute approximate surface area is 92.9 Å². The van der Waals surface area contributed by atoms with Gasteiger partial charge in [0, 0.05) is 0 Å². The molecule has 0 radical (unpaired) electrons. The number of hydrogen-bond acceptors (Lipinski definition) is 1. The van der Waals surface area contributed by atoms with Gasteiger partial charge in [-0.3, -0.25) is 0 Å². The summed E-state index contributed by atoms with van der Waals surface area (Å²) in [6.07, 6.45) is 6.57. The Morgan fingerprint density at radius 1 is 0.929 bits per heavy atom. The lowest BCUT2D eigenvalue weighted by molar-refractivity contribution is -0.00000283. The number of halogens is 1. The maximum absolute atomic E-state index is 6.49. The normalized spacial score (nSPS) is 19.8. The van der Waals surface area contributed by atoms with E-state index in [4.69, 9.17) is 5.50 Å². The van der Waals surface area contributed by atoms with Crippen LogP contribution < -0.4 is 23.2 Å². The number of benzene rings is 1. The van der Waals surface area contributed by atoms with Crippen LogP contribution in [0.1, 0.15) is 19.3 Å². The van der Waals surface area contributed by atoms with Crippen molar-refractivity contribution in [3.8, 4) is 0 Å². The predicted octanol–water partition coefficient (Wildman–Crippen LogP) is -0.609. The second-order valence-electron chi connectivity index (χ2n) is 3.88. The van der Waals surface area contributed by atoms with Crippen LogP contribution >= 0.6 is 7.41 Å². The molecule has 1 heterocycles. The van der Waals surface area contributed by atoms with E-state index in [0.717, 1.165) is 0 Å². The summed E-state index contributed by atoms with van der Waals surface area (Å²) in [6, 6.07) is 10.7. The van der Waals surface area contributed by atoms with Crippen molar-refractivity contribution in [3.63, 3.8) is 0 Å². The van der Waals surface area contributed by atoms with Crippen LogP contribution in [0, 0.1) is 0 Å². The molecule has 78 valence electrons. The Balaban J connectivity index is 0.000000980. The Morgan fingerprint density at radius 2 is 1.50 bits per heavy atom. The van der Waals surface area contributed by atoms with Crippen molar-refractivity contribution < 1.29 is 12.4 Å². The van der Waals surface area contributed by atoms with Crippen LogP contribution in [0.15, 0.2) is 30.3 Å². The third-order valence-electron chi connectivity index (χ3n) is 2.88. The molecular weight excluding hydrogens is 213 g/mol. The van der Waals surface area contributed by atoms with Gasteiger partial charge in [0.15, 0.2) is 0 Å². The zero-order chi connectivity index (χ0) is 9.15. The molecule has 3 heteroatoms. The average molecular weight is 230 g/mol. The second kappa shape index (κ2) is 5.11. The highest BCUT2D eigenvalue weighted by Crippen LogP contribution is 2.53. The van der Waals surface area contributed by atoms with Gasteiger partial charge in [0.1, 0.15) is 12.7 Å². The Hall–Kier alpha value is -0.100. The van der Waals surface area contributed by atoms with E-state index in [0.29, 0.717) is 0 Å². The highest BCUT2D eigenvalue weighted by atomic mass is 35.5. The van der Waals surface area contributed by atoms with Gasteiger partial charge in [-0.05, 0) is 31.4 Å². The minimum absolute atomic E-state index is 0. The van der Waals surface area contributed by atoms with Crippen LogP contribution in [0.3, 0.4) is 0 Å². The molecule has 0 amide bonds. The van der Waals surface area contributed by atoms with Gasteiger partial charge in [0.2, 0.25) is 0 Å². The smallest absolute Gasteiger partial charge is 0.111 e. The van der Waals surface area contributed by atoms with Gasteiger partial charge >= 0.3 is 0 Å². The topological polar surface area (TPSA) is 26.0 Å². The molecule has 1 aliphatic heterocycles. The molecular formula is C11H17ClNP. The molecule has 0 bridgehead atoms. The van der Waals surface area contributed by atoms with E-state index in [1.165, 1.54) is 36.9 Å². The third kappa shape index (κ3) is 2.48. The summed E-state index contributed by atoms with van der Waals surface area (Å²) >= 11 is 0. The third-order valence-corrected chi connectivity index (χ3v) is 6.44. The van der Waals surface area contributed by atoms with E-state index >= 15 is 0 Å². The van der Waals surface area contributed by atoms with E-state index in [1.54, 1.807) is 0 Å². The molecule has 14 heavy (non-hydrogen) atoms. The van der Waals surface area contributed by atoms with Gasteiger partial charge in [0.25, 0.3) is 0 Å². The summed E-state index contributed by atoms with van der Waals surface area (Å²) in [5, 5.41) is 1.43. The zero-order valence-electron chi connectivity index (χ0n) is 8.32. The first-order valence-corrected chi connectivity index (χ1v) is 7.25. The van der Waals surface area contributed by atoms with Crippen molar-refractivity contribution in [2.24, 2.45) is 5.50 Å². The summed E-state index contributed by atoms with van der Waals surface area (Å²) in [7, 11) is -1.22. The first-order chi connectivity index (χ1) is 6.31. The number of nitrogens with two attached hydrogens (primary N) is 1. The quantitative estimate of drug-likeness (QED) is 0.639. The van der Waals surface area contributed by atoms with Gasteiger partial charge in [0.05, 0.1) is 12.3 Å². The highest BCUT2D eigenvalue weighted by molar-refractivity contribution is 7.80. The van der Waals surface area contributed by atoms with Crippen LogP contribution in [0.2, 0.25) is 0 Å². The summed E-state index contributed by atoms with van der Waals surface area (Å²) < 4.78 is 0. The van der Waals surface area contributed by atoms with E-state index in [9.17, 15) is 0 Å². The SMILES string of the molecule is N[P+]1(c2ccccc2)CCCCC1.[Cl-]. The molecule has 0 aromatic heterocycles. The van der Waals surface area contributed by atoms with Crippen LogP contribution in [0.25, 0.3) is 0 Å². The van der Waals surface area contributed by atoms with Gasteiger partial charge in [-0.15, -0.1) is 0 Å². The average Bonchev–Trinajstić information content (AvgIpc) is 2.20. The standard InChI is InChI=1S/C11H17NP.ClH/c12-13(9-5-2-6-10-13)11-7-3-1-4-8-11;/h1,3-4,7-8H,2,5-6,9-10,12H2;1H/q+1;/p-1. The Morgan fingerprint density at radius 3 is 2.07 bits per heavy atom. The van der Waals surface area contributed by atoms with Crippen molar-refractivity contribution in [2.75, 3.05) is 12.3 Å². The van der Waals surface area contributed by atoms with Gasteiger partial charge in [-0.2, -0.15) is 0 Å². The molecule has 1 aromatic rings. The summed E-state index contributed by atoms with van der Waals surface area (Å²) in [4.78, 5) is 0. The molecule has 1 aromatic carbocycles. The van der Waals surface area contributed by atoms with Crippen molar-refractivity contribution >= 4 is 12.7 Å². The van der Waals surface area contributed by atoms with Crippen molar-refractivity contribution in [1.29, 1.82) is 0 Å². The van der Waals surface area contributed by atoms with E-state index in [-0.39, 0.29) is 12.4 Å². The molecule has 2 N–H and O–H groups in total. The lowest BCUT2D eigenvalue weighted by Crippen LogP contribution is -3.00. The first kappa shape index (κ1) is 12.0. The van der Waals surface area contributed by atoms with Gasteiger partial charge < -0.3 is 12.4 Å². The lowest BCUT2D eigenvalue weighted by atomic mass is 10.3. The largest absolute Gasteiger partial charge is 1.00 e. The Kier molecular flexibility index (Phi) is 4.37. The first-order valence-electron chi connectivity index (χ1n) is 5.02. The van der Waals surface area contributed by atoms with E-state index < -0.39 is 7.41 Å². The molecule has 1 aliphatic rings. The van der Waals surface area contributed by atoms with Crippen molar-refractivity contribution in [3.05, 3.63) is 30.3 Å².